The summed E-state index contributed by atoms with van der Waals surface area (Å²) in [7, 11) is -3.40. The predicted molar refractivity (Wildman–Crippen MR) is 97.3 cm³/mol. The molecule has 1 saturated carbocycles. The van der Waals surface area contributed by atoms with E-state index in [0.717, 1.165) is 0 Å². The second-order valence-corrected chi connectivity index (χ2v) is 10.2. The maximum absolute atomic E-state index is 13.1. The number of carbonyl (C=O) groups is 3. The van der Waals surface area contributed by atoms with Crippen molar-refractivity contribution >= 4 is 27.2 Å². The molecule has 1 aliphatic carbocycles. The summed E-state index contributed by atoms with van der Waals surface area (Å²) in [6, 6.07) is 1.55. The summed E-state index contributed by atoms with van der Waals surface area (Å²) in [6.07, 6.45) is 1.45. The molecule has 0 unspecified atom stereocenters. The van der Waals surface area contributed by atoms with Crippen LogP contribution in [0.4, 0.5) is 0 Å². The molecule has 2 aliphatic rings. The molecule has 5 nitrogen and oxygen atoms in total. The minimum absolute atomic E-state index is 0.0835. The first-order valence-corrected chi connectivity index (χ1v) is 10.6. The molecule has 0 aromatic heterocycles. The molecule has 0 atom stereocenters. The van der Waals surface area contributed by atoms with Crippen molar-refractivity contribution in [3.05, 3.63) is 28.3 Å². The third-order valence-corrected chi connectivity index (χ3v) is 7.62. The molecule has 1 heterocycles. The van der Waals surface area contributed by atoms with Crippen molar-refractivity contribution in [1.29, 1.82) is 0 Å². The lowest BCUT2D eigenvalue weighted by Gasteiger charge is -2.35. The van der Waals surface area contributed by atoms with Gasteiger partial charge in [-0.05, 0) is 54.9 Å². The molecular formula is C20H24O5S. The molecule has 0 amide bonds. The van der Waals surface area contributed by atoms with E-state index in [1.165, 1.54) is 0 Å². The van der Waals surface area contributed by atoms with Crippen LogP contribution in [-0.2, 0) is 24.8 Å². The number of Topliss-reactive ketones (excluding diaryl/α,β-unsaturated/α-hetero) is 3. The number of sulfone groups is 1. The van der Waals surface area contributed by atoms with Gasteiger partial charge in [-0.2, -0.15) is 0 Å². The molecule has 0 saturated heterocycles. The van der Waals surface area contributed by atoms with Crippen LogP contribution in [0.15, 0.2) is 11.0 Å². The molecule has 0 bridgehead atoms. The van der Waals surface area contributed by atoms with E-state index >= 15 is 0 Å². The largest absolute Gasteiger partial charge is 0.298 e. The van der Waals surface area contributed by atoms with Gasteiger partial charge < -0.3 is 0 Å². The monoisotopic (exact) mass is 376 g/mol. The van der Waals surface area contributed by atoms with Crippen LogP contribution >= 0.6 is 0 Å². The number of ketones is 3. The zero-order valence-electron chi connectivity index (χ0n) is 15.6. The van der Waals surface area contributed by atoms with Crippen LogP contribution in [0.25, 0.3) is 0 Å². The fourth-order valence-corrected chi connectivity index (χ4v) is 6.61. The standard InChI is InChI=1S/C20H24O5S/c1-11-10-13(18(23)16-14(21)6-5-7-15(16)22)12(2)17-19(11)26(24,25)9-8-20(17,3)4/h10,16H,5-9H2,1-4H3. The van der Waals surface area contributed by atoms with E-state index in [1.54, 1.807) is 19.9 Å². The third-order valence-electron chi connectivity index (χ3n) is 5.73. The second kappa shape index (κ2) is 6.12. The summed E-state index contributed by atoms with van der Waals surface area (Å²) in [5.74, 6) is -2.29. The fraction of sp³-hybridized carbons (Fsp3) is 0.550. The van der Waals surface area contributed by atoms with E-state index in [9.17, 15) is 22.8 Å². The van der Waals surface area contributed by atoms with Gasteiger partial charge in [-0.15, -0.1) is 0 Å². The van der Waals surface area contributed by atoms with Crippen molar-refractivity contribution in [1.82, 2.24) is 0 Å². The summed E-state index contributed by atoms with van der Waals surface area (Å²) in [5.41, 5.74) is 1.65. The van der Waals surface area contributed by atoms with Gasteiger partial charge in [-0.1, -0.05) is 13.8 Å². The molecule has 140 valence electrons. The Kier molecular flexibility index (Phi) is 4.46. The molecule has 0 spiro atoms. The second-order valence-electron chi connectivity index (χ2n) is 8.11. The molecule has 1 fully saturated rings. The van der Waals surface area contributed by atoms with Gasteiger partial charge in [0.15, 0.2) is 27.2 Å². The van der Waals surface area contributed by atoms with Gasteiger partial charge >= 0.3 is 0 Å². The average molecular weight is 376 g/mol. The Morgan fingerprint density at radius 2 is 1.69 bits per heavy atom. The van der Waals surface area contributed by atoms with Gasteiger partial charge in [0, 0.05) is 18.4 Å². The Hall–Kier alpha value is -1.82. The lowest BCUT2D eigenvalue weighted by molar-refractivity contribution is -0.133. The Morgan fingerprint density at radius 3 is 2.27 bits per heavy atom. The molecule has 0 radical (unpaired) electrons. The lowest BCUT2D eigenvalue weighted by Crippen LogP contribution is -2.37. The Morgan fingerprint density at radius 1 is 1.12 bits per heavy atom. The summed E-state index contributed by atoms with van der Waals surface area (Å²) >= 11 is 0. The van der Waals surface area contributed by atoms with E-state index in [1.807, 2.05) is 13.8 Å². The van der Waals surface area contributed by atoms with Gasteiger partial charge in [0.05, 0.1) is 10.6 Å². The highest BCUT2D eigenvalue weighted by Crippen LogP contribution is 2.43. The van der Waals surface area contributed by atoms with Crippen LogP contribution in [0, 0.1) is 19.8 Å². The molecule has 1 aliphatic heterocycles. The highest BCUT2D eigenvalue weighted by Gasteiger charge is 2.42. The maximum atomic E-state index is 13.1. The lowest BCUT2D eigenvalue weighted by atomic mass is 9.75. The predicted octanol–water partition coefficient (Wildman–Crippen LogP) is 2.88. The van der Waals surface area contributed by atoms with Crippen molar-refractivity contribution in [3.8, 4) is 0 Å². The average Bonchev–Trinajstić information content (AvgIpc) is 2.53. The van der Waals surface area contributed by atoms with E-state index in [0.29, 0.717) is 40.0 Å². The summed E-state index contributed by atoms with van der Waals surface area (Å²) in [6.45, 7) is 7.35. The highest BCUT2D eigenvalue weighted by molar-refractivity contribution is 7.91. The van der Waals surface area contributed by atoms with E-state index in [-0.39, 0.29) is 30.2 Å². The Labute approximate surface area is 154 Å². The van der Waals surface area contributed by atoms with Crippen molar-refractivity contribution in [2.45, 2.75) is 63.7 Å². The summed E-state index contributed by atoms with van der Waals surface area (Å²) in [4.78, 5) is 37.8. The number of hydrogen-bond acceptors (Lipinski definition) is 5. The number of hydrogen-bond donors (Lipinski definition) is 0. The Bertz CT molecular complexity index is 921. The molecule has 1 aromatic rings. The van der Waals surface area contributed by atoms with Crippen LogP contribution in [0.2, 0.25) is 0 Å². The van der Waals surface area contributed by atoms with Crippen molar-refractivity contribution in [2.75, 3.05) is 5.75 Å². The van der Waals surface area contributed by atoms with Crippen molar-refractivity contribution in [2.24, 2.45) is 5.92 Å². The zero-order valence-corrected chi connectivity index (χ0v) is 16.5. The maximum Gasteiger partial charge on any atom is 0.181 e. The quantitative estimate of drug-likeness (QED) is 0.585. The smallest absolute Gasteiger partial charge is 0.181 e. The SMILES string of the molecule is Cc1cc(C(=O)C2C(=O)CCCC2=O)c(C)c2c1S(=O)(=O)CCC2(C)C. The molecular weight excluding hydrogens is 352 g/mol. The van der Waals surface area contributed by atoms with Gasteiger partial charge in [0.25, 0.3) is 0 Å². The van der Waals surface area contributed by atoms with Gasteiger partial charge in [0.1, 0.15) is 5.92 Å². The minimum atomic E-state index is -3.40. The first kappa shape index (κ1) is 19.0. The molecule has 1 aromatic carbocycles. The fourth-order valence-electron chi connectivity index (χ4n) is 4.33. The normalized spacial score (nSPS) is 22.2. The van der Waals surface area contributed by atoms with Crippen LogP contribution in [-0.4, -0.2) is 31.5 Å². The Balaban J connectivity index is 2.23. The van der Waals surface area contributed by atoms with E-state index < -0.39 is 27.0 Å². The number of benzene rings is 1. The first-order valence-electron chi connectivity index (χ1n) is 8.94. The van der Waals surface area contributed by atoms with Gasteiger partial charge in [-0.25, -0.2) is 8.42 Å². The van der Waals surface area contributed by atoms with Crippen molar-refractivity contribution < 1.29 is 22.8 Å². The van der Waals surface area contributed by atoms with Crippen molar-refractivity contribution in [3.63, 3.8) is 0 Å². The van der Waals surface area contributed by atoms with Crippen LogP contribution in [0.5, 0.6) is 0 Å². The highest BCUT2D eigenvalue weighted by atomic mass is 32.2. The van der Waals surface area contributed by atoms with Crippen LogP contribution < -0.4 is 0 Å². The summed E-state index contributed by atoms with van der Waals surface area (Å²) in [5, 5.41) is 0. The molecule has 6 heteroatoms. The zero-order chi connectivity index (χ0) is 19.4. The number of aryl methyl sites for hydroxylation is 1. The minimum Gasteiger partial charge on any atom is -0.298 e. The van der Waals surface area contributed by atoms with E-state index in [4.69, 9.17) is 0 Å². The third kappa shape index (κ3) is 2.84. The number of fused-ring (bicyclic) bond motifs is 1. The van der Waals surface area contributed by atoms with Crippen LogP contribution in [0.3, 0.4) is 0 Å². The van der Waals surface area contributed by atoms with Gasteiger partial charge in [0.2, 0.25) is 0 Å². The molecule has 3 rings (SSSR count). The molecule has 0 N–H and O–H groups in total. The number of carbonyl (C=O) groups excluding carboxylic acids is 3. The van der Waals surface area contributed by atoms with Crippen LogP contribution in [0.1, 0.15) is 66.6 Å². The summed E-state index contributed by atoms with van der Waals surface area (Å²) < 4.78 is 25.3. The van der Waals surface area contributed by atoms with E-state index in [2.05, 4.69) is 0 Å². The molecule has 26 heavy (non-hydrogen) atoms. The van der Waals surface area contributed by atoms with Gasteiger partial charge in [-0.3, -0.25) is 14.4 Å². The number of rotatable bonds is 2. The topological polar surface area (TPSA) is 85.3 Å². The first-order chi connectivity index (χ1) is 12.0.